The van der Waals surface area contributed by atoms with Crippen LogP contribution in [0.3, 0.4) is 0 Å². The fraction of sp³-hybridized carbons (Fsp3) is 0.320. The van der Waals surface area contributed by atoms with Crippen LogP contribution in [0.1, 0.15) is 45.2 Å². The van der Waals surface area contributed by atoms with Gasteiger partial charge in [-0.3, -0.25) is 0 Å². The van der Waals surface area contributed by atoms with Crippen molar-refractivity contribution in [3.8, 4) is 0 Å². The molecule has 0 aliphatic carbocycles. The van der Waals surface area contributed by atoms with Gasteiger partial charge in [0.15, 0.2) is 0 Å². The SMILES string of the molecule is C/C=C(\C(C(N)=NC)=C(\C)C(C)CC)c1cc(F)cc([NH][Hg][c]2cc(Cl)cc(CO)c2Cl)c1. The molecule has 2 aromatic carbocycles. The number of hydrogen-bond donors (Lipinski definition) is 3. The van der Waals surface area contributed by atoms with Crippen molar-refractivity contribution in [1.29, 1.82) is 0 Å². The summed E-state index contributed by atoms with van der Waals surface area (Å²) in [5.41, 5.74) is 11.1. The predicted molar refractivity (Wildman–Crippen MR) is 135 cm³/mol. The summed E-state index contributed by atoms with van der Waals surface area (Å²) < 4.78 is 19.1. The number of anilines is 1. The van der Waals surface area contributed by atoms with Crippen LogP contribution in [0.25, 0.3) is 5.57 Å². The Bertz CT molecular complexity index is 1100. The Morgan fingerprint density at radius 2 is 1.97 bits per heavy atom. The quantitative estimate of drug-likeness (QED) is 0.130. The standard InChI is InChI=1S/C18H25FN3.C7H5Cl2O.Hg/c1-6-11(3)12(4)17(18(21)22-5)16(7-2)13-8-14(19)10-15(20)9-13;8-6-1-2-7(9)5(3-6)4-10;/h7-11,20H,6H2,1-5H3,(H2,21,22);1,3,10H,4H2;/q-1;;+1/b16-7-,17-12+;;. The van der Waals surface area contributed by atoms with E-state index in [-0.39, 0.29) is 12.4 Å². The van der Waals surface area contributed by atoms with Crippen LogP contribution in [-0.4, -0.2) is 18.0 Å². The Morgan fingerprint density at radius 3 is 2.55 bits per heavy atom. The molecule has 0 aliphatic rings. The number of hydrogen-bond acceptors (Lipinski definition) is 3. The summed E-state index contributed by atoms with van der Waals surface area (Å²) in [6.07, 6.45) is 2.91. The number of nitrogens with one attached hydrogen (secondary N) is 1. The summed E-state index contributed by atoms with van der Waals surface area (Å²) in [6.45, 7) is 8.07. The van der Waals surface area contributed by atoms with Crippen molar-refractivity contribution in [3.63, 3.8) is 0 Å². The Balaban J connectivity index is 2.48. The van der Waals surface area contributed by atoms with E-state index < -0.39 is 24.9 Å². The summed E-state index contributed by atoms with van der Waals surface area (Å²) in [5, 5.41) is 10.6. The van der Waals surface area contributed by atoms with E-state index in [1.807, 2.05) is 25.1 Å². The van der Waals surface area contributed by atoms with Gasteiger partial charge in [0.05, 0.1) is 0 Å². The van der Waals surface area contributed by atoms with E-state index in [1.165, 1.54) is 12.1 Å². The third kappa shape index (κ3) is 7.04. The summed E-state index contributed by atoms with van der Waals surface area (Å²) >= 11 is 10.6. The molecule has 2 rings (SSSR count). The number of rotatable bonds is 9. The minimum absolute atomic E-state index is 0.181. The summed E-state index contributed by atoms with van der Waals surface area (Å²) in [6, 6.07) is 8.40. The molecule has 0 heterocycles. The van der Waals surface area contributed by atoms with Crippen LogP contribution < -0.4 is 11.9 Å². The number of amidine groups is 1. The molecule has 0 saturated heterocycles. The Morgan fingerprint density at radius 1 is 1.27 bits per heavy atom. The zero-order chi connectivity index (χ0) is 24.7. The van der Waals surface area contributed by atoms with Gasteiger partial charge < -0.3 is 0 Å². The van der Waals surface area contributed by atoms with Gasteiger partial charge in [0, 0.05) is 0 Å². The number of aliphatic hydroxyl groups excluding tert-OH is 1. The zero-order valence-electron chi connectivity index (χ0n) is 19.8. The number of aliphatic imine (C=N–C) groups is 1. The Kier molecular flexibility index (Phi) is 10.9. The zero-order valence-corrected chi connectivity index (χ0v) is 26.8. The second-order valence-corrected chi connectivity index (χ2v) is 14.5. The molecule has 1 unspecified atom stereocenters. The molecule has 1 atom stereocenters. The number of nitrogens with zero attached hydrogens (tertiary/aromatic N) is 1. The van der Waals surface area contributed by atoms with E-state index in [0.29, 0.717) is 33.0 Å². The third-order valence-corrected chi connectivity index (χ3v) is 13.3. The van der Waals surface area contributed by atoms with E-state index in [9.17, 15) is 9.50 Å². The van der Waals surface area contributed by atoms with Crippen molar-refractivity contribution in [2.75, 3.05) is 10.1 Å². The van der Waals surface area contributed by atoms with Crippen LogP contribution in [0.4, 0.5) is 10.1 Å². The normalized spacial score (nSPS) is 14.0. The van der Waals surface area contributed by atoms with Gasteiger partial charge >= 0.3 is 220 Å². The molecule has 8 heteroatoms. The summed E-state index contributed by atoms with van der Waals surface area (Å²) in [4.78, 5) is 4.23. The van der Waals surface area contributed by atoms with Gasteiger partial charge in [0.25, 0.3) is 0 Å². The third-order valence-electron chi connectivity index (χ3n) is 5.85. The molecule has 0 amide bonds. The molecule has 0 fully saturated rings. The second-order valence-electron chi connectivity index (χ2n) is 7.96. The first-order valence-electron chi connectivity index (χ1n) is 10.9. The topological polar surface area (TPSA) is 70.6 Å². The van der Waals surface area contributed by atoms with Crippen molar-refractivity contribution in [2.45, 2.75) is 40.7 Å². The van der Waals surface area contributed by atoms with Gasteiger partial charge in [0.1, 0.15) is 0 Å². The number of benzene rings is 2. The van der Waals surface area contributed by atoms with Crippen molar-refractivity contribution in [1.82, 2.24) is 0 Å². The maximum atomic E-state index is 14.7. The first kappa shape index (κ1) is 27.8. The molecule has 174 valence electrons. The first-order chi connectivity index (χ1) is 15.7. The number of nitrogens with two attached hydrogens (primary N) is 1. The molecule has 0 bridgehead atoms. The summed E-state index contributed by atoms with van der Waals surface area (Å²) in [5.74, 6) is 0.398. The van der Waals surface area contributed by atoms with Crippen molar-refractivity contribution in [2.24, 2.45) is 16.6 Å². The molecule has 0 aromatic heterocycles. The second kappa shape index (κ2) is 12.9. The van der Waals surface area contributed by atoms with E-state index in [2.05, 4.69) is 28.8 Å². The van der Waals surface area contributed by atoms with Crippen LogP contribution in [0.2, 0.25) is 10.0 Å². The van der Waals surface area contributed by atoms with Gasteiger partial charge in [-0.2, -0.15) is 0 Å². The Labute approximate surface area is 218 Å². The van der Waals surface area contributed by atoms with E-state index in [1.54, 1.807) is 13.1 Å². The maximum absolute atomic E-state index is 14.7. The molecular formula is C25H30Cl2FHgN3O. The molecular weight excluding hydrogens is 649 g/mol. The van der Waals surface area contributed by atoms with E-state index in [4.69, 9.17) is 28.9 Å². The van der Waals surface area contributed by atoms with Crippen LogP contribution in [0.5, 0.6) is 0 Å². The molecule has 0 spiro atoms. The molecule has 0 radical (unpaired) electrons. The van der Waals surface area contributed by atoms with Crippen molar-refractivity contribution < 1.29 is 34.4 Å². The molecule has 0 saturated carbocycles. The van der Waals surface area contributed by atoms with Crippen LogP contribution in [0, 0.1) is 11.7 Å². The van der Waals surface area contributed by atoms with Crippen LogP contribution in [-0.2, 0) is 31.5 Å². The van der Waals surface area contributed by atoms with Crippen LogP contribution >= 0.6 is 23.2 Å². The Hall–Kier alpha value is -1.40. The van der Waals surface area contributed by atoms with Gasteiger partial charge in [-0.15, -0.1) is 0 Å². The number of halogens is 3. The minimum atomic E-state index is -2.03. The first-order valence-corrected chi connectivity index (χ1v) is 17.1. The fourth-order valence-corrected chi connectivity index (χ4v) is 10.3. The molecule has 2 aromatic rings. The predicted octanol–water partition coefficient (Wildman–Crippen LogP) is 6.11. The molecule has 0 aliphatic heterocycles. The van der Waals surface area contributed by atoms with Gasteiger partial charge in [0.2, 0.25) is 0 Å². The number of aliphatic hydroxyl groups is 1. The van der Waals surface area contributed by atoms with Crippen molar-refractivity contribution in [3.05, 3.63) is 74.5 Å². The van der Waals surface area contributed by atoms with Crippen molar-refractivity contribution >= 4 is 43.4 Å². The monoisotopic (exact) mass is 679 g/mol. The average molecular weight is 679 g/mol. The molecule has 4 N–H and O–H groups in total. The molecule has 33 heavy (non-hydrogen) atoms. The van der Waals surface area contributed by atoms with Crippen LogP contribution in [0.15, 0.2) is 52.5 Å². The van der Waals surface area contributed by atoms with Gasteiger partial charge in [-0.05, 0) is 0 Å². The van der Waals surface area contributed by atoms with E-state index >= 15 is 0 Å². The average Bonchev–Trinajstić information content (AvgIpc) is 2.80. The fourth-order valence-electron chi connectivity index (χ4n) is 3.67. The van der Waals surface area contributed by atoms with Gasteiger partial charge in [-0.25, -0.2) is 0 Å². The van der Waals surface area contributed by atoms with Gasteiger partial charge in [-0.1, -0.05) is 0 Å². The molecule has 4 nitrogen and oxygen atoms in total. The van der Waals surface area contributed by atoms with E-state index in [0.717, 1.165) is 31.8 Å². The summed E-state index contributed by atoms with van der Waals surface area (Å²) in [7, 11) is 1.66. The number of allylic oxidation sites excluding steroid dienone is 2.